The van der Waals surface area contributed by atoms with Gasteiger partial charge in [0.1, 0.15) is 12.6 Å². The number of fused-ring (bicyclic) bond motifs is 3. The number of nitrogens with one attached hydrogen (secondary N) is 1. The van der Waals surface area contributed by atoms with E-state index in [1.165, 1.54) is 24.0 Å². The van der Waals surface area contributed by atoms with Crippen LogP contribution in [0, 0.1) is 5.92 Å². The van der Waals surface area contributed by atoms with Crippen molar-refractivity contribution in [3.63, 3.8) is 0 Å². The second-order valence-corrected chi connectivity index (χ2v) is 11.3. The predicted octanol–water partition coefficient (Wildman–Crippen LogP) is 2.95. The molecule has 0 spiro atoms. The summed E-state index contributed by atoms with van der Waals surface area (Å²) in [6, 6.07) is 21.5. The fraction of sp³-hybridized carbons (Fsp3) is 0.484. The van der Waals surface area contributed by atoms with Crippen LogP contribution in [0.2, 0.25) is 0 Å². The molecule has 7 rings (SSSR count). The van der Waals surface area contributed by atoms with Gasteiger partial charge in [0, 0.05) is 30.5 Å². The number of aromatic nitrogens is 2. The molecule has 5 nitrogen and oxygen atoms in total. The van der Waals surface area contributed by atoms with Gasteiger partial charge in [-0.2, -0.15) is 5.10 Å². The van der Waals surface area contributed by atoms with E-state index < -0.39 is 5.41 Å². The average Bonchev–Trinajstić information content (AvgIpc) is 3.33. The molecule has 1 aliphatic carbocycles. The maximum atomic E-state index is 14.1. The Balaban J connectivity index is 0.00000280. The van der Waals surface area contributed by atoms with E-state index in [-0.39, 0.29) is 30.5 Å². The highest BCUT2D eigenvalue weighted by atomic mass is 35.5. The molecule has 0 radical (unpaired) electrons. The summed E-state index contributed by atoms with van der Waals surface area (Å²) in [5.41, 5.74) is 3.17. The van der Waals surface area contributed by atoms with E-state index >= 15 is 0 Å². The number of piperidine rings is 3. The molecule has 196 valence electrons. The summed E-state index contributed by atoms with van der Waals surface area (Å²) in [5, 5.41) is 7.34. The topological polar surface area (TPSA) is 55.0 Å². The van der Waals surface area contributed by atoms with E-state index in [2.05, 4.69) is 64.8 Å². The highest BCUT2D eigenvalue weighted by Gasteiger charge is 2.53. The molecule has 4 aliphatic rings. The number of carbonyl (C=O) groups excluding carboxylic acids is 1. The molecular weight excluding hydrogens is 482 g/mol. The van der Waals surface area contributed by atoms with Gasteiger partial charge < -0.3 is 21.6 Å². The molecule has 4 fully saturated rings. The molecule has 2 atom stereocenters. The lowest BCUT2D eigenvalue weighted by molar-refractivity contribution is -0.968. The normalized spacial score (nSPS) is 27.5. The van der Waals surface area contributed by atoms with Crippen molar-refractivity contribution < 1.29 is 26.4 Å². The van der Waals surface area contributed by atoms with Crippen molar-refractivity contribution in [1.82, 2.24) is 10.2 Å². The minimum atomic E-state index is -0.502. The van der Waals surface area contributed by atoms with E-state index in [9.17, 15) is 4.79 Å². The fourth-order valence-corrected chi connectivity index (χ4v) is 7.48. The SMILES string of the molecule is O=C(O[C@H]1C[N+]2(C(c3ccccc3)c3cn[nH]c3)CCC1CC2)C1(c2ccccc2)CCCCCC1.[Cl-]. The zero-order chi connectivity index (χ0) is 24.4. The molecule has 1 saturated carbocycles. The number of esters is 1. The van der Waals surface area contributed by atoms with Crippen LogP contribution < -0.4 is 12.4 Å². The van der Waals surface area contributed by atoms with Crippen LogP contribution in [0.25, 0.3) is 0 Å². The quantitative estimate of drug-likeness (QED) is 0.309. The summed E-state index contributed by atoms with van der Waals surface area (Å²) < 4.78 is 7.57. The molecule has 3 saturated heterocycles. The van der Waals surface area contributed by atoms with Gasteiger partial charge in [-0.05, 0) is 18.4 Å². The van der Waals surface area contributed by atoms with E-state index in [1.54, 1.807) is 0 Å². The number of halogens is 1. The lowest BCUT2D eigenvalue weighted by Gasteiger charge is -2.55. The molecule has 2 aromatic carbocycles. The van der Waals surface area contributed by atoms with E-state index in [0.717, 1.165) is 68.2 Å². The smallest absolute Gasteiger partial charge is 0.317 e. The third kappa shape index (κ3) is 4.84. The summed E-state index contributed by atoms with van der Waals surface area (Å²) in [5.74, 6) is 0.486. The minimum Gasteiger partial charge on any atom is -1.00 e. The largest absolute Gasteiger partial charge is 1.00 e. The van der Waals surface area contributed by atoms with E-state index in [0.29, 0.717) is 5.92 Å². The number of ether oxygens (including phenoxy) is 1. The zero-order valence-electron chi connectivity index (χ0n) is 21.5. The number of H-pyrrole nitrogens is 1. The molecule has 1 N–H and O–H groups in total. The van der Waals surface area contributed by atoms with Crippen LogP contribution in [0.3, 0.4) is 0 Å². The summed E-state index contributed by atoms with van der Waals surface area (Å²) in [4.78, 5) is 14.1. The third-order valence-electron chi connectivity index (χ3n) is 9.39. The van der Waals surface area contributed by atoms with E-state index in [1.807, 2.05) is 18.5 Å². The summed E-state index contributed by atoms with van der Waals surface area (Å²) >= 11 is 0. The van der Waals surface area contributed by atoms with Gasteiger partial charge in [-0.15, -0.1) is 0 Å². The average molecular weight is 520 g/mol. The molecule has 2 bridgehead atoms. The summed E-state index contributed by atoms with van der Waals surface area (Å²) in [7, 11) is 0. The summed E-state index contributed by atoms with van der Waals surface area (Å²) in [6.07, 6.45) is 12.6. The van der Waals surface area contributed by atoms with Crippen molar-refractivity contribution in [1.29, 1.82) is 0 Å². The highest BCUT2D eigenvalue weighted by Crippen LogP contribution is 2.46. The van der Waals surface area contributed by atoms with Gasteiger partial charge >= 0.3 is 5.97 Å². The van der Waals surface area contributed by atoms with Gasteiger partial charge in [0.2, 0.25) is 0 Å². The number of carbonyl (C=O) groups is 1. The van der Waals surface area contributed by atoms with Crippen molar-refractivity contribution in [2.24, 2.45) is 5.92 Å². The molecule has 1 unspecified atom stereocenters. The van der Waals surface area contributed by atoms with E-state index in [4.69, 9.17) is 4.74 Å². The molecular formula is C31H38ClN3O2. The van der Waals surface area contributed by atoms with Gasteiger partial charge in [-0.25, -0.2) is 0 Å². The van der Waals surface area contributed by atoms with Crippen molar-refractivity contribution >= 4 is 5.97 Å². The molecule has 0 amide bonds. The van der Waals surface area contributed by atoms with Crippen LogP contribution in [0.1, 0.15) is 74.1 Å². The molecule has 6 heteroatoms. The Labute approximate surface area is 226 Å². The Morgan fingerprint density at radius 1 is 0.919 bits per heavy atom. The van der Waals surface area contributed by atoms with Crippen LogP contribution >= 0.6 is 0 Å². The zero-order valence-corrected chi connectivity index (χ0v) is 22.3. The lowest BCUT2D eigenvalue weighted by atomic mass is 9.74. The first-order valence-electron chi connectivity index (χ1n) is 13.9. The highest BCUT2D eigenvalue weighted by molar-refractivity contribution is 5.83. The Bertz CT molecular complexity index is 1140. The van der Waals surface area contributed by atoms with Crippen LogP contribution in [0.15, 0.2) is 73.1 Å². The van der Waals surface area contributed by atoms with Crippen LogP contribution in [-0.4, -0.2) is 46.4 Å². The molecule has 1 aromatic heterocycles. The third-order valence-corrected chi connectivity index (χ3v) is 9.39. The number of rotatable bonds is 6. The molecule has 3 aliphatic heterocycles. The number of hydrogen-bond acceptors (Lipinski definition) is 3. The first-order chi connectivity index (χ1) is 17.7. The number of nitrogens with zero attached hydrogens (tertiary/aromatic N) is 2. The monoisotopic (exact) mass is 519 g/mol. The maximum absolute atomic E-state index is 14.1. The Morgan fingerprint density at radius 2 is 1.57 bits per heavy atom. The van der Waals surface area contributed by atoms with Crippen LogP contribution in [-0.2, 0) is 14.9 Å². The van der Waals surface area contributed by atoms with Crippen LogP contribution in [0.5, 0.6) is 0 Å². The molecule has 4 heterocycles. The fourth-order valence-electron chi connectivity index (χ4n) is 7.48. The summed E-state index contributed by atoms with van der Waals surface area (Å²) in [6.45, 7) is 3.12. The lowest BCUT2D eigenvalue weighted by Crippen LogP contribution is -3.00. The Hall–Kier alpha value is -2.63. The standard InChI is InChI=1S/C31H38N3O2.ClH/c35-30(31(17-9-1-2-10-18-31)27-13-7-4-8-14-27)36-28-23-34(19-15-24(28)16-20-34)29(26-21-32-33-22-26)25-11-5-3-6-12-25;/h3-8,11-14,21-22,24,28-29H,1-2,9-10,15-20,23H2,(H,32,33);1H/q+1;/p-1/t24?,28-,29?,34?;/m0./s1. The Morgan fingerprint density at radius 3 is 2.19 bits per heavy atom. The number of quaternary nitrogens is 1. The van der Waals surface area contributed by atoms with Gasteiger partial charge in [0.15, 0.2) is 6.10 Å². The van der Waals surface area contributed by atoms with Gasteiger partial charge in [-0.3, -0.25) is 9.89 Å². The predicted molar refractivity (Wildman–Crippen MR) is 140 cm³/mol. The van der Waals surface area contributed by atoms with Gasteiger partial charge in [0.25, 0.3) is 0 Å². The minimum absolute atomic E-state index is 0. The van der Waals surface area contributed by atoms with Gasteiger partial charge in [-0.1, -0.05) is 86.3 Å². The van der Waals surface area contributed by atoms with Crippen molar-refractivity contribution in [2.45, 2.75) is 68.9 Å². The number of hydrogen-bond donors (Lipinski definition) is 1. The van der Waals surface area contributed by atoms with Crippen molar-refractivity contribution in [2.75, 3.05) is 19.6 Å². The van der Waals surface area contributed by atoms with Gasteiger partial charge in [0.05, 0.1) is 30.3 Å². The van der Waals surface area contributed by atoms with Crippen molar-refractivity contribution in [3.8, 4) is 0 Å². The molecule has 37 heavy (non-hydrogen) atoms. The first kappa shape index (κ1) is 26.0. The van der Waals surface area contributed by atoms with Crippen molar-refractivity contribution in [3.05, 3.63) is 89.7 Å². The van der Waals surface area contributed by atoms with Crippen LogP contribution in [0.4, 0.5) is 0 Å². The number of benzene rings is 2. The number of aromatic amines is 1. The first-order valence-corrected chi connectivity index (χ1v) is 13.9. The Kier molecular flexibility index (Phi) is 7.73. The second kappa shape index (κ2) is 11.0. The second-order valence-electron chi connectivity index (χ2n) is 11.3. The molecule has 3 aromatic rings. The maximum Gasteiger partial charge on any atom is 0.317 e.